The zero-order valence-electron chi connectivity index (χ0n) is 27.9. The second-order valence-corrected chi connectivity index (χ2v) is 11.4. The van der Waals surface area contributed by atoms with E-state index in [-0.39, 0.29) is 24.4 Å². The second-order valence-electron chi connectivity index (χ2n) is 11.4. The van der Waals surface area contributed by atoms with Crippen molar-refractivity contribution in [1.82, 2.24) is 0 Å². The van der Waals surface area contributed by atoms with E-state index in [0.717, 1.165) is 35.1 Å². The minimum Gasteiger partial charge on any atom is -0.427 e. The van der Waals surface area contributed by atoms with Crippen LogP contribution in [-0.2, 0) is 19.1 Å². The average Bonchev–Trinajstić information content (AvgIpc) is 3.12. The summed E-state index contributed by atoms with van der Waals surface area (Å²) in [5.41, 5.74) is 4.79. The molecule has 8 nitrogen and oxygen atoms in total. The summed E-state index contributed by atoms with van der Waals surface area (Å²) in [5.74, 6) is -0.501. The molecular formula is C40H42O8. The van der Waals surface area contributed by atoms with Gasteiger partial charge in [-0.1, -0.05) is 86.6 Å². The molecule has 0 aromatic heterocycles. The quantitative estimate of drug-likeness (QED) is 0.0638. The Morgan fingerprint density at radius 2 is 0.771 bits per heavy atom. The SMILES string of the molecule is CCCOC(C)C(=O)c1ccc(-c2ccc(OC(=O)CCC(=O)Oc3ccc(-c4ccc(C(=O)C(C)OCCC)cc4)cc3)cc2)cc1. The van der Waals surface area contributed by atoms with Crippen LogP contribution in [0.1, 0.15) is 74.1 Å². The fourth-order valence-corrected chi connectivity index (χ4v) is 4.86. The Hall–Kier alpha value is -4.92. The highest BCUT2D eigenvalue weighted by atomic mass is 16.5. The molecule has 0 radical (unpaired) electrons. The molecule has 4 rings (SSSR count). The van der Waals surface area contributed by atoms with Gasteiger partial charge >= 0.3 is 11.9 Å². The van der Waals surface area contributed by atoms with E-state index in [0.29, 0.717) is 35.8 Å². The summed E-state index contributed by atoms with van der Waals surface area (Å²) < 4.78 is 21.9. The highest BCUT2D eigenvalue weighted by molar-refractivity contribution is 6.00. The fourth-order valence-electron chi connectivity index (χ4n) is 4.86. The summed E-state index contributed by atoms with van der Waals surface area (Å²) in [5, 5.41) is 0. The minimum absolute atomic E-state index is 0.0595. The van der Waals surface area contributed by atoms with Crippen molar-refractivity contribution in [2.75, 3.05) is 13.2 Å². The van der Waals surface area contributed by atoms with Gasteiger partial charge in [-0.25, -0.2) is 0 Å². The predicted octanol–water partition coefficient (Wildman–Crippen LogP) is 8.31. The molecule has 4 aromatic rings. The van der Waals surface area contributed by atoms with E-state index in [2.05, 4.69) is 0 Å². The Morgan fingerprint density at radius 1 is 0.479 bits per heavy atom. The van der Waals surface area contributed by atoms with Gasteiger partial charge < -0.3 is 18.9 Å². The molecule has 0 spiro atoms. The molecular weight excluding hydrogens is 608 g/mol. The van der Waals surface area contributed by atoms with Crippen LogP contribution in [0.4, 0.5) is 0 Å². The molecule has 4 aromatic carbocycles. The lowest BCUT2D eigenvalue weighted by atomic mass is 10.0. The van der Waals surface area contributed by atoms with Crippen LogP contribution in [-0.4, -0.2) is 48.9 Å². The maximum atomic E-state index is 12.5. The Balaban J connectivity index is 1.22. The van der Waals surface area contributed by atoms with Gasteiger partial charge in [0.25, 0.3) is 0 Å². The van der Waals surface area contributed by atoms with Crippen LogP contribution in [0.5, 0.6) is 11.5 Å². The standard InChI is InChI=1S/C40H42O8/c1-5-25-45-27(3)39(43)33-11-7-29(8-12-33)31-15-19-35(20-16-31)47-37(41)23-24-38(42)48-36-21-17-32(18-22-36)30-9-13-34(14-10-30)40(44)28(4)46-26-6-2/h7-22,27-28H,5-6,23-26H2,1-4H3. The van der Waals surface area contributed by atoms with Crippen LogP contribution in [0.2, 0.25) is 0 Å². The maximum Gasteiger partial charge on any atom is 0.311 e. The molecule has 8 heteroatoms. The molecule has 2 unspecified atom stereocenters. The minimum atomic E-state index is -0.550. The van der Waals surface area contributed by atoms with Crippen molar-refractivity contribution in [3.05, 3.63) is 108 Å². The number of hydrogen-bond donors (Lipinski definition) is 0. The van der Waals surface area contributed by atoms with Gasteiger partial charge in [0.15, 0.2) is 11.6 Å². The normalized spacial score (nSPS) is 12.2. The largest absolute Gasteiger partial charge is 0.427 e. The highest BCUT2D eigenvalue weighted by Crippen LogP contribution is 2.25. The Kier molecular flexibility index (Phi) is 13.4. The van der Waals surface area contributed by atoms with Gasteiger partial charge in [0.1, 0.15) is 23.7 Å². The number of ketones is 2. The van der Waals surface area contributed by atoms with Crippen molar-refractivity contribution in [2.45, 2.75) is 65.6 Å². The van der Waals surface area contributed by atoms with Crippen LogP contribution < -0.4 is 9.47 Å². The van der Waals surface area contributed by atoms with Crippen LogP contribution in [0.15, 0.2) is 97.1 Å². The van der Waals surface area contributed by atoms with Crippen LogP contribution in [0, 0.1) is 0 Å². The van der Waals surface area contributed by atoms with Gasteiger partial charge in [-0.3, -0.25) is 19.2 Å². The number of carbonyl (C=O) groups excluding carboxylic acids is 4. The molecule has 0 aliphatic carbocycles. The number of benzene rings is 4. The number of ether oxygens (including phenoxy) is 4. The summed E-state index contributed by atoms with van der Waals surface area (Å²) in [6.45, 7) is 8.59. The monoisotopic (exact) mass is 650 g/mol. The van der Waals surface area contributed by atoms with E-state index in [9.17, 15) is 19.2 Å². The fraction of sp³-hybridized carbons (Fsp3) is 0.300. The molecule has 0 fully saturated rings. The molecule has 0 bridgehead atoms. The van der Waals surface area contributed by atoms with Gasteiger partial charge in [-0.2, -0.15) is 0 Å². The molecule has 2 atom stereocenters. The third-order valence-corrected chi connectivity index (χ3v) is 7.59. The van der Waals surface area contributed by atoms with Gasteiger partial charge in [0.2, 0.25) is 0 Å². The zero-order valence-corrected chi connectivity index (χ0v) is 27.9. The van der Waals surface area contributed by atoms with E-state index >= 15 is 0 Å². The predicted molar refractivity (Wildman–Crippen MR) is 184 cm³/mol. The smallest absolute Gasteiger partial charge is 0.311 e. The molecule has 0 amide bonds. The zero-order chi connectivity index (χ0) is 34.5. The lowest BCUT2D eigenvalue weighted by Crippen LogP contribution is -2.21. The second kappa shape index (κ2) is 17.8. The van der Waals surface area contributed by atoms with Gasteiger partial charge in [0, 0.05) is 24.3 Å². The number of hydrogen-bond acceptors (Lipinski definition) is 8. The summed E-state index contributed by atoms with van der Waals surface area (Å²) in [4.78, 5) is 49.9. The highest BCUT2D eigenvalue weighted by Gasteiger charge is 2.17. The first-order valence-electron chi connectivity index (χ1n) is 16.3. The topological polar surface area (TPSA) is 105 Å². The summed E-state index contributed by atoms with van der Waals surface area (Å²) in [6.07, 6.45) is 0.444. The average molecular weight is 651 g/mol. The van der Waals surface area contributed by atoms with Crippen LogP contribution in [0.25, 0.3) is 22.3 Å². The van der Waals surface area contributed by atoms with Crippen molar-refractivity contribution in [3.63, 3.8) is 0 Å². The number of carbonyl (C=O) groups is 4. The summed E-state index contributed by atoms with van der Waals surface area (Å²) in [7, 11) is 0. The Bertz CT molecular complexity index is 1530. The van der Waals surface area contributed by atoms with Gasteiger partial charge in [-0.05, 0) is 73.2 Å². The van der Waals surface area contributed by atoms with E-state index in [4.69, 9.17) is 18.9 Å². The van der Waals surface area contributed by atoms with Crippen molar-refractivity contribution in [2.24, 2.45) is 0 Å². The number of rotatable bonds is 17. The molecule has 0 heterocycles. The first-order chi connectivity index (χ1) is 23.2. The molecule has 0 aliphatic heterocycles. The van der Waals surface area contributed by atoms with Gasteiger partial charge in [0.05, 0.1) is 12.8 Å². The molecule has 48 heavy (non-hydrogen) atoms. The van der Waals surface area contributed by atoms with Crippen LogP contribution >= 0.6 is 0 Å². The Labute approximate surface area is 282 Å². The van der Waals surface area contributed by atoms with E-state index in [1.54, 1.807) is 62.4 Å². The van der Waals surface area contributed by atoms with Crippen molar-refractivity contribution >= 4 is 23.5 Å². The first-order valence-corrected chi connectivity index (χ1v) is 16.3. The van der Waals surface area contributed by atoms with Crippen molar-refractivity contribution in [1.29, 1.82) is 0 Å². The van der Waals surface area contributed by atoms with Crippen molar-refractivity contribution < 1.29 is 38.1 Å². The molecule has 0 saturated heterocycles. The summed E-state index contributed by atoms with van der Waals surface area (Å²) >= 11 is 0. The van der Waals surface area contributed by atoms with E-state index < -0.39 is 24.1 Å². The number of esters is 2. The number of Topliss-reactive ketones (excluding diaryl/α,β-unsaturated/α-hetero) is 2. The molecule has 0 aliphatic rings. The van der Waals surface area contributed by atoms with E-state index in [1.165, 1.54) is 0 Å². The molecule has 250 valence electrons. The third-order valence-electron chi connectivity index (χ3n) is 7.59. The maximum absolute atomic E-state index is 12.5. The molecule has 0 saturated carbocycles. The van der Waals surface area contributed by atoms with Gasteiger partial charge in [-0.15, -0.1) is 0 Å². The lowest BCUT2D eigenvalue weighted by Gasteiger charge is -2.12. The first kappa shape index (κ1) is 35.9. The third kappa shape index (κ3) is 10.3. The molecule has 0 N–H and O–H groups in total. The van der Waals surface area contributed by atoms with Crippen LogP contribution in [0.3, 0.4) is 0 Å². The Morgan fingerprint density at radius 3 is 1.06 bits per heavy atom. The summed E-state index contributed by atoms with van der Waals surface area (Å²) in [6, 6.07) is 28.6. The lowest BCUT2D eigenvalue weighted by molar-refractivity contribution is -0.140. The van der Waals surface area contributed by atoms with E-state index in [1.807, 2.05) is 62.4 Å². The van der Waals surface area contributed by atoms with Crippen molar-refractivity contribution in [3.8, 4) is 33.8 Å².